The third kappa shape index (κ3) is 7.65. The number of rotatable bonds is 9. The summed E-state index contributed by atoms with van der Waals surface area (Å²) < 4.78 is 77.3. The Morgan fingerprint density at radius 2 is 1.51 bits per heavy atom. The molecule has 39 heavy (non-hydrogen) atoms. The Hall–Kier alpha value is -4.22. The van der Waals surface area contributed by atoms with Crippen LogP contribution >= 0.6 is 11.6 Å². The summed E-state index contributed by atoms with van der Waals surface area (Å²) in [4.78, 5) is 12.0. The molecule has 4 aromatic carbocycles. The number of hydrogen-bond acceptors (Lipinski definition) is 5. The predicted octanol–water partition coefficient (Wildman–Crippen LogP) is 6.97. The summed E-state index contributed by atoms with van der Waals surface area (Å²) in [5.41, 5.74) is -0.769. The van der Waals surface area contributed by atoms with Crippen LogP contribution in [0.15, 0.2) is 102 Å². The number of nitrogens with one attached hydrogen (secondary N) is 2. The van der Waals surface area contributed by atoms with Crippen LogP contribution in [0, 0.1) is 0 Å². The maximum absolute atomic E-state index is 12.9. The second-order valence-electron chi connectivity index (χ2n) is 8.05. The first-order valence-corrected chi connectivity index (χ1v) is 13.1. The van der Waals surface area contributed by atoms with Crippen molar-refractivity contribution >= 4 is 38.9 Å². The fraction of sp³-hybridized carbons (Fsp3) is 0.0741. The average molecular weight is 577 g/mol. The lowest BCUT2D eigenvalue weighted by molar-refractivity contribution is -0.137. The van der Waals surface area contributed by atoms with Crippen molar-refractivity contribution in [3.8, 4) is 17.2 Å². The lowest BCUT2D eigenvalue weighted by Crippen LogP contribution is -2.20. The third-order valence-electron chi connectivity index (χ3n) is 5.13. The maximum atomic E-state index is 12.9. The molecule has 0 aliphatic carbocycles. The highest BCUT2D eigenvalue weighted by molar-refractivity contribution is 7.92. The Morgan fingerprint density at radius 3 is 2.18 bits per heavy atom. The van der Waals surface area contributed by atoms with Gasteiger partial charge in [-0.1, -0.05) is 35.9 Å². The van der Waals surface area contributed by atoms with E-state index in [-0.39, 0.29) is 21.4 Å². The molecular weight excluding hydrogens is 557 g/mol. The van der Waals surface area contributed by atoms with Crippen LogP contribution in [0.4, 0.5) is 24.5 Å². The topological polar surface area (TPSA) is 93.7 Å². The Bertz CT molecular complexity index is 1560. The van der Waals surface area contributed by atoms with E-state index in [2.05, 4.69) is 10.0 Å². The number of halogens is 4. The summed E-state index contributed by atoms with van der Waals surface area (Å²) in [5, 5.41) is 2.54. The SMILES string of the molecule is O=C(COc1ccc(S(=O)(=O)Nc2cccc(C(F)(F)F)c2)cc1Cl)Nc1ccc(Oc2ccccc2)cc1. The van der Waals surface area contributed by atoms with Crippen molar-refractivity contribution in [3.05, 3.63) is 108 Å². The van der Waals surface area contributed by atoms with Gasteiger partial charge in [0, 0.05) is 11.4 Å². The van der Waals surface area contributed by atoms with E-state index in [0.29, 0.717) is 23.3 Å². The lowest BCUT2D eigenvalue weighted by Gasteiger charge is -2.13. The quantitative estimate of drug-likeness (QED) is 0.224. The van der Waals surface area contributed by atoms with Gasteiger partial charge in [0.1, 0.15) is 17.2 Å². The van der Waals surface area contributed by atoms with E-state index in [1.165, 1.54) is 12.1 Å². The normalized spacial score (nSPS) is 11.5. The molecule has 0 aliphatic heterocycles. The van der Waals surface area contributed by atoms with Crippen molar-refractivity contribution in [1.29, 1.82) is 0 Å². The predicted molar refractivity (Wildman–Crippen MR) is 141 cm³/mol. The second kappa shape index (κ2) is 11.7. The van der Waals surface area contributed by atoms with Gasteiger partial charge in [-0.05, 0) is 72.8 Å². The van der Waals surface area contributed by atoms with Crippen LogP contribution in [0.3, 0.4) is 0 Å². The summed E-state index contributed by atoms with van der Waals surface area (Å²) in [7, 11) is -4.26. The first-order valence-electron chi connectivity index (χ1n) is 11.2. The molecule has 0 aliphatic rings. The largest absolute Gasteiger partial charge is 0.482 e. The smallest absolute Gasteiger partial charge is 0.416 e. The van der Waals surface area contributed by atoms with E-state index in [1.54, 1.807) is 24.3 Å². The number of carbonyl (C=O) groups is 1. The van der Waals surface area contributed by atoms with Gasteiger partial charge >= 0.3 is 6.18 Å². The summed E-state index contributed by atoms with van der Waals surface area (Å²) >= 11 is 6.14. The minimum absolute atomic E-state index is 0.0384. The first-order chi connectivity index (χ1) is 18.5. The molecule has 0 saturated carbocycles. The zero-order chi connectivity index (χ0) is 28.0. The number of alkyl halides is 3. The monoisotopic (exact) mass is 576 g/mol. The first kappa shape index (κ1) is 27.8. The highest BCUT2D eigenvalue weighted by Crippen LogP contribution is 2.32. The van der Waals surface area contributed by atoms with Gasteiger partial charge in [-0.15, -0.1) is 0 Å². The number of sulfonamides is 1. The fourth-order valence-electron chi connectivity index (χ4n) is 3.31. The standard InChI is InChI=1S/C27H20ClF3N2O5S/c28-24-16-23(39(35,36)33-20-6-4-5-18(15-20)27(29,30)31)13-14-25(24)37-17-26(34)32-19-9-11-22(12-10-19)38-21-7-2-1-3-8-21/h1-16,33H,17H2,(H,32,34). The summed E-state index contributed by atoms with van der Waals surface area (Å²) in [5.74, 6) is 0.798. The van der Waals surface area contributed by atoms with Crippen LogP contribution in [-0.2, 0) is 21.0 Å². The van der Waals surface area contributed by atoms with Gasteiger partial charge in [-0.3, -0.25) is 9.52 Å². The molecule has 4 rings (SSSR count). The molecule has 1 amide bonds. The molecule has 0 radical (unpaired) electrons. The fourth-order valence-corrected chi connectivity index (χ4v) is 4.69. The number of hydrogen-bond donors (Lipinski definition) is 2. The molecule has 0 atom stereocenters. The van der Waals surface area contributed by atoms with Gasteiger partial charge in [0.2, 0.25) is 0 Å². The molecule has 4 aromatic rings. The number of ether oxygens (including phenoxy) is 2. The molecule has 202 valence electrons. The van der Waals surface area contributed by atoms with Gasteiger partial charge in [-0.25, -0.2) is 8.42 Å². The molecule has 0 aromatic heterocycles. The van der Waals surface area contributed by atoms with Crippen molar-refractivity contribution in [2.45, 2.75) is 11.1 Å². The van der Waals surface area contributed by atoms with Crippen molar-refractivity contribution in [2.75, 3.05) is 16.6 Å². The van der Waals surface area contributed by atoms with Crippen LogP contribution in [0.25, 0.3) is 0 Å². The molecule has 7 nitrogen and oxygen atoms in total. The summed E-state index contributed by atoms with van der Waals surface area (Å²) in [6, 6.07) is 23.1. The van der Waals surface area contributed by atoms with Crippen molar-refractivity contribution in [3.63, 3.8) is 0 Å². The van der Waals surface area contributed by atoms with Gasteiger partial charge in [0.05, 0.1) is 15.5 Å². The van der Waals surface area contributed by atoms with E-state index < -0.39 is 34.3 Å². The van der Waals surface area contributed by atoms with Crippen LogP contribution in [0.1, 0.15) is 5.56 Å². The van der Waals surface area contributed by atoms with Gasteiger partial charge in [0.25, 0.3) is 15.9 Å². The van der Waals surface area contributed by atoms with Crippen molar-refractivity contribution < 1.29 is 35.9 Å². The van der Waals surface area contributed by atoms with Crippen molar-refractivity contribution in [1.82, 2.24) is 0 Å². The minimum atomic E-state index is -4.63. The van der Waals surface area contributed by atoms with Gasteiger partial charge in [-0.2, -0.15) is 13.2 Å². The Labute approximate surface area is 227 Å². The highest BCUT2D eigenvalue weighted by atomic mass is 35.5. The molecule has 0 fully saturated rings. The number of benzene rings is 4. The highest BCUT2D eigenvalue weighted by Gasteiger charge is 2.30. The van der Waals surface area contributed by atoms with E-state index in [4.69, 9.17) is 21.1 Å². The average Bonchev–Trinajstić information content (AvgIpc) is 2.89. The van der Waals surface area contributed by atoms with Crippen LogP contribution in [0.5, 0.6) is 17.2 Å². The van der Waals surface area contributed by atoms with Crippen LogP contribution < -0.4 is 19.5 Å². The molecule has 0 saturated heterocycles. The Balaban J connectivity index is 1.33. The van der Waals surface area contributed by atoms with Crippen molar-refractivity contribution in [2.24, 2.45) is 0 Å². The number of para-hydroxylation sites is 1. The Morgan fingerprint density at radius 1 is 0.821 bits per heavy atom. The molecule has 0 bridgehead atoms. The Kier molecular flexibility index (Phi) is 8.32. The summed E-state index contributed by atoms with van der Waals surface area (Å²) in [6.45, 7) is -0.420. The number of anilines is 2. The van der Waals surface area contributed by atoms with E-state index >= 15 is 0 Å². The minimum Gasteiger partial charge on any atom is -0.482 e. The lowest BCUT2D eigenvalue weighted by atomic mass is 10.2. The molecular formula is C27H20ClF3N2O5S. The van der Waals surface area contributed by atoms with E-state index in [1.807, 2.05) is 30.3 Å². The van der Waals surface area contributed by atoms with E-state index in [9.17, 15) is 26.4 Å². The second-order valence-corrected chi connectivity index (χ2v) is 10.1. The summed E-state index contributed by atoms with van der Waals surface area (Å²) in [6.07, 6.45) is -4.63. The number of carbonyl (C=O) groups excluding carboxylic acids is 1. The molecule has 2 N–H and O–H groups in total. The maximum Gasteiger partial charge on any atom is 0.416 e. The molecule has 12 heteroatoms. The molecule has 0 unspecified atom stereocenters. The third-order valence-corrected chi connectivity index (χ3v) is 6.81. The zero-order valence-electron chi connectivity index (χ0n) is 19.9. The van der Waals surface area contributed by atoms with Crippen LogP contribution in [0.2, 0.25) is 5.02 Å². The van der Waals surface area contributed by atoms with E-state index in [0.717, 1.165) is 24.3 Å². The molecule has 0 heterocycles. The number of amides is 1. The van der Waals surface area contributed by atoms with Gasteiger partial charge < -0.3 is 14.8 Å². The zero-order valence-corrected chi connectivity index (χ0v) is 21.5. The van der Waals surface area contributed by atoms with Gasteiger partial charge in [0.15, 0.2) is 6.61 Å². The van der Waals surface area contributed by atoms with Crippen LogP contribution in [-0.4, -0.2) is 20.9 Å². The molecule has 0 spiro atoms.